The molecule has 1 aromatic heterocycles. The molecule has 2 rings (SSSR count). The Morgan fingerprint density at radius 2 is 1.94 bits per heavy atom. The number of benzene rings is 1. The van der Waals surface area contributed by atoms with Gasteiger partial charge in [-0.05, 0) is 37.2 Å². The zero-order valence-electron chi connectivity index (χ0n) is 10.0. The lowest BCUT2D eigenvalue weighted by molar-refractivity contribution is 0.520. The number of aryl methyl sites for hydroxylation is 1. The largest absolute Gasteiger partial charge is 0.469 e. The van der Waals surface area contributed by atoms with Crippen molar-refractivity contribution in [2.75, 3.05) is 6.54 Å². The van der Waals surface area contributed by atoms with Gasteiger partial charge in [-0.15, -0.1) is 0 Å². The fourth-order valence-corrected chi connectivity index (χ4v) is 2.09. The van der Waals surface area contributed by atoms with Crippen molar-refractivity contribution in [3.63, 3.8) is 0 Å². The van der Waals surface area contributed by atoms with Crippen molar-refractivity contribution >= 4 is 11.6 Å². The summed E-state index contributed by atoms with van der Waals surface area (Å²) in [7, 11) is 0. The second-order valence-electron chi connectivity index (χ2n) is 3.97. The quantitative estimate of drug-likeness (QED) is 0.888. The number of halogens is 1. The molecule has 0 bridgehead atoms. The molecule has 1 atom stereocenters. The smallest absolute Gasteiger partial charge is 0.105 e. The molecule has 0 saturated heterocycles. The first-order valence-corrected chi connectivity index (χ1v) is 6.13. The number of rotatable bonds is 4. The molecule has 0 aliphatic rings. The average molecular weight is 250 g/mol. The molecular weight excluding hydrogens is 234 g/mol. The maximum absolute atomic E-state index is 5.91. The number of nitrogens with one attached hydrogen (secondary N) is 1. The first-order chi connectivity index (χ1) is 8.22. The van der Waals surface area contributed by atoms with Crippen molar-refractivity contribution in [3.05, 3.63) is 58.5 Å². The zero-order valence-corrected chi connectivity index (χ0v) is 10.8. The van der Waals surface area contributed by atoms with Crippen LogP contribution in [0.25, 0.3) is 0 Å². The van der Waals surface area contributed by atoms with Gasteiger partial charge in [0.05, 0.1) is 12.3 Å². The third-order valence-corrected chi connectivity index (χ3v) is 3.07. The summed E-state index contributed by atoms with van der Waals surface area (Å²) in [4.78, 5) is 0. The molecular formula is C14H16ClNO. The molecule has 0 aliphatic carbocycles. The van der Waals surface area contributed by atoms with Crippen molar-refractivity contribution in [2.45, 2.75) is 19.9 Å². The Bertz CT molecular complexity index is 475. The summed E-state index contributed by atoms with van der Waals surface area (Å²) in [5, 5.41) is 4.22. The minimum atomic E-state index is 0.163. The molecule has 0 radical (unpaired) electrons. The van der Waals surface area contributed by atoms with Gasteiger partial charge >= 0.3 is 0 Å². The van der Waals surface area contributed by atoms with E-state index in [4.69, 9.17) is 16.0 Å². The Kier molecular flexibility index (Phi) is 3.87. The van der Waals surface area contributed by atoms with Gasteiger partial charge in [0.25, 0.3) is 0 Å². The highest BCUT2D eigenvalue weighted by Crippen LogP contribution is 2.26. The van der Waals surface area contributed by atoms with Gasteiger partial charge in [0.1, 0.15) is 5.76 Å². The first-order valence-electron chi connectivity index (χ1n) is 5.75. The fourth-order valence-electron chi connectivity index (χ4n) is 1.96. The predicted octanol–water partition coefficient (Wildman–Crippen LogP) is 3.94. The molecule has 2 nitrogen and oxygen atoms in total. The second-order valence-corrected chi connectivity index (χ2v) is 4.41. The van der Waals surface area contributed by atoms with Crippen LogP contribution in [0.2, 0.25) is 5.02 Å². The van der Waals surface area contributed by atoms with E-state index in [0.29, 0.717) is 0 Å². The summed E-state index contributed by atoms with van der Waals surface area (Å²) in [6, 6.07) is 10.1. The molecule has 2 aromatic rings. The minimum Gasteiger partial charge on any atom is -0.469 e. The molecule has 0 spiro atoms. The molecule has 3 heteroatoms. The lowest BCUT2D eigenvalue weighted by Gasteiger charge is -2.18. The van der Waals surface area contributed by atoms with Crippen molar-refractivity contribution in [1.82, 2.24) is 5.32 Å². The van der Waals surface area contributed by atoms with E-state index in [0.717, 1.165) is 17.3 Å². The van der Waals surface area contributed by atoms with Crippen LogP contribution in [0.1, 0.15) is 29.9 Å². The van der Waals surface area contributed by atoms with Crippen molar-refractivity contribution in [2.24, 2.45) is 0 Å². The van der Waals surface area contributed by atoms with Crippen LogP contribution in [0.5, 0.6) is 0 Å². The van der Waals surface area contributed by atoms with Gasteiger partial charge in [-0.2, -0.15) is 0 Å². The van der Waals surface area contributed by atoms with Gasteiger partial charge < -0.3 is 9.73 Å². The van der Waals surface area contributed by atoms with Gasteiger partial charge in [0, 0.05) is 10.6 Å². The topological polar surface area (TPSA) is 25.2 Å². The van der Waals surface area contributed by atoms with E-state index < -0.39 is 0 Å². The molecule has 1 heterocycles. The van der Waals surface area contributed by atoms with Crippen molar-refractivity contribution in [3.8, 4) is 0 Å². The third kappa shape index (κ3) is 2.71. The third-order valence-electron chi connectivity index (χ3n) is 2.82. The monoisotopic (exact) mass is 249 g/mol. The van der Waals surface area contributed by atoms with Gasteiger partial charge in [-0.25, -0.2) is 0 Å². The van der Waals surface area contributed by atoms with Crippen LogP contribution in [0.3, 0.4) is 0 Å². The molecule has 1 N–H and O–H groups in total. The van der Waals surface area contributed by atoms with Crippen LogP contribution in [-0.4, -0.2) is 6.54 Å². The number of furan rings is 1. The molecule has 0 aliphatic heterocycles. The van der Waals surface area contributed by atoms with Crippen LogP contribution in [-0.2, 0) is 0 Å². The minimum absolute atomic E-state index is 0.163. The van der Waals surface area contributed by atoms with Crippen LogP contribution in [0.15, 0.2) is 41.0 Å². The lowest BCUT2D eigenvalue weighted by Crippen LogP contribution is -2.22. The zero-order chi connectivity index (χ0) is 12.3. The van der Waals surface area contributed by atoms with E-state index in [2.05, 4.69) is 12.2 Å². The second kappa shape index (κ2) is 5.39. The predicted molar refractivity (Wildman–Crippen MR) is 70.4 cm³/mol. The standard InChI is InChI=1S/C14H16ClNO/c1-3-16-14(13-8-9-17-10(13)2)11-4-6-12(15)7-5-11/h4-9,14,16H,3H2,1-2H3. The van der Waals surface area contributed by atoms with E-state index in [1.54, 1.807) is 6.26 Å². The summed E-state index contributed by atoms with van der Waals surface area (Å²) in [5.41, 5.74) is 2.37. The molecule has 0 amide bonds. The van der Waals surface area contributed by atoms with Gasteiger partial charge in [0.15, 0.2) is 0 Å². The highest BCUT2D eigenvalue weighted by Gasteiger charge is 2.16. The van der Waals surface area contributed by atoms with E-state index in [9.17, 15) is 0 Å². The Morgan fingerprint density at radius 3 is 2.47 bits per heavy atom. The SMILES string of the molecule is CCNC(c1ccc(Cl)cc1)c1ccoc1C. The summed E-state index contributed by atoms with van der Waals surface area (Å²) in [5.74, 6) is 0.950. The average Bonchev–Trinajstić information content (AvgIpc) is 2.74. The van der Waals surface area contributed by atoms with E-state index in [-0.39, 0.29) is 6.04 Å². The maximum atomic E-state index is 5.91. The summed E-state index contributed by atoms with van der Waals surface area (Å²) in [6.07, 6.45) is 1.73. The molecule has 1 aromatic carbocycles. The molecule has 0 fully saturated rings. The highest BCUT2D eigenvalue weighted by atomic mass is 35.5. The van der Waals surface area contributed by atoms with Gasteiger partial charge in [0.2, 0.25) is 0 Å². The van der Waals surface area contributed by atoms with Gasteiger partial charge in [-0.3, -0.25) is 0 Å². The fraction of sp³-hybridized carbons (Fsp3) is 0.286. The summed E-state index contributed by atoms with van der Waals surface area (Å²) >= 11 is 5.91. The Labute approximate surface area is 107 Å². The highest BCUT2D eigenvalue weighted by molar-refractivity contribution is 6.30. The Hall–Kier alpha value is -1.25. The molecule has 0 saturated carbocycles. The van der Waals surface area contributed by atoms with Crippen molar-refractivity contribution < 1.29 is 4.42 Å². The van der Waals surface area contributed by atoms with Crippen LogP contribution in [0, 0.1) is 6.92 Å². The van der Waals surface area contributed by atoms with Crippen LogP contribution >= 0.6 is 11.6 Å². The Balaban J connectivity index is 2.35. The lowest BCUT2D eigenvalue weighted by atomic mass is 9.99. The van der Waals surface area contributed by atoms with Crippen molar-refractivity contribution in [1.29, 1.82) is 0 Å². The molecule has 90 valence electrons. The number of hydrogen-bond donors (Lipinski definition) is 1. The first kappa shape index (κ1) is 12.2. The van der Waals surface area contributed by atoms with Gasteiger partial charge in [-0.1, -0.05) is 30.7 Å². The van der Waals surface area contributed by atoms with E-state index >= 15 is 0 Å². The molecule has 1 unspecified atom stereocenters. The van der Waals surface area contributed by atoms with Crippen LogP contribution in [0.4, 0.5) is 0 Å². The molecule has 17 heavy (non-hydrogen) atoms. The maximum Gasteiger partial charge on any atom is 0.105 e. The van der Waals surface area contributed by atoms with E-state index in [1.165, 1.54) is 11.1 Å². The number of hydrogen-bond acceptors (Lipinski definition) is 2. The van der Waals surface area contributed by atoms with E-state index in [1.807, 2.05) is 37.3 Å². The summed E-state index contributed by atoms with van der Waals surface area (Å²) in [6.45, 7) is 4.98. The summed E-state index contributed by atoms with van der Waals surface area (Å²) < 4.78 is 5.37. The van der Waals surface area contributed by atoms with Crippen LogP contribution < -0.4 is 5.32 Å². The normalized spacial score (nSPS) is 12.6. The Morgan fingerprint density at radius 1 is 1.24 bits per heavy atom.